The van der Waals surface area contributed by atoms with E-state index in [9.17, 15) is 0 Å². The summed E-state index contributed by atoms with van der Waals surface area (Å²) in [6.45, 7) is 16.4. The van der Waals surface area contributed by atoms with Crippen LogP contribution in [0.25, 0.3) is 11.0 Å². The van der Waals surface area contributed by atoms with Crippen molar-refractivity contribution in [3.8, 4) is 0 Å². The zero-order chi connectivity index (χ0) is 19.8. The topological polar surface area (TPSA) is 25.8 Å². The van der Waals surface area contributed by atoms with E-state index in [4.69, 9.17) is 9.97 Å². The van der Waals surface area contributed by atoms with Gasteiger partial charge in [0, 0.05) is 0 Å². The van der Waals surface area contributed by atoms with Crippen molar-refractivity contribution >= 4 is 11.0 Å². The molecule has 1 unspecified atom stereocenters. The Labute approximate surface area is 165 Å². The first-order valence-corrected chi connectivity index (χ1v) is 10.6. The third-order valence-corrected chi connectivity index (χ3v) is 6.57. The summed E-state index contributed by atoms with van der Waals surface area (Å²) in [5, 5.41) is 0. The molecular weight excluding hydrogens is 328 g/mol. The van der Waals surface area contributed by atoms with Crippen molar-refractivity contribution in [1.82, 2.24) is 9.97 Å². The van der Waals surface area contributed by atoms with Crippen LogP contribution in [-0.2, 0) is 23.7 Å². The van der Waals surface area contributed by atoms with E-state index in [1.807, 2.05) is 0 Å². The van der Waals surface area contributed by atoms with E-state index < -0.39 is 0 Å². The molecule has 1 aliphatic rings. The Kier molecular flexibility index (Phi) is 5.47. The van der Waals surface area contributed by atoms with Gasteiger partial charge in [0.25, 0.3) is 0 Å². The average molecular weight is 365 g/mol. The van der Waals surface area contributed by atoms with Crippen molar-refractivity contribution in [3.63, 3.8) is 0 Å². The molecule has 0 radical (unpaired) electrons. The van der Waals surface area contributed by atoms with E-state index in [0.29, 0.717) is 5.92 Å². The number of benzene rings is 1. The highest BCUT2D eigenvalue weighted by Crippen LogP contribution is 2.41. The minimum absolute atomic E-state index is 0.0863. The smallest absolute Gasteiger partial charge is 0.0893 e. The molecule has 1 aromatic carbocycles. The molecule has 1 aromatic heterocycles. The molecular formula is C25H36N2. The molecule has 1 aliphatic carbocycles. The van der Waals surface area contributed by atoms with Gasteiger partial charge in [0.15, 0.2) is 0 Å². The lowest BCUT2D eigenvalue weighted by molar-refractivity contribution is 0.329. The van der Waals surface area contributed by atoms with Crippen molar-refractivity contribution in [1.29, 1.82) is 0 Å². The van der Waals surface area contributed by atoms with Crippen molar-refractivity contribution < 1.29 is 0 Å². The zero-order valence-electron chi connectivity index (χ0n) is 18.3. The van der Waals surface area contributed by atoms with Gasteiger partial charge in [-0.15, -0.1) is 0 Å². The Morgan fingerprint density at radius 2 is 1.33 bits per heavy atom. The van der Waals surface area contributed by atoms with Gasteiger partial charge in [0.2, 0.25) is 0 Å². The van der Waals surface area contributed by atoms with E-state index in [0.717, 1.165) is 36.7 Å². The third-order valence-electron chi connectivity index (χ3n) is 6.57. The molecule has 0 saturated carbocycles. The monoisotopic (exact) mass is 364 g/mol. The van der Waals surface area contributed by atoms with Crippen LogP contribution in [0.1, 0.15) is 90.2 Å². The third kappa shape index (κ3) is 3.95. The number of aromatic nitrogens is 2. The maximum atomic E-state index is 5.10. The van der Waals surface area contributed by atoms with Crippen molar-refractivity contribution in [2.24, 2.45) is 5.92 Å². The predicted molar refractivity (Wildman–Crippen MR) is 117 cm³/mol. The molecule has 0 saturated heterocycles. The maximum absolute atomic E-state index is 5.10. The second kappa shape index (κ2) is 7.37. The molecule has 0 bridgehead atoms. The van der Waals surface area contributed by atoms with E-state index >= 15 is 0 Å². The van der Waals surface area contributed by atoms with E-state index in [1.165, 1.54) is 28.9 Å². The van der Waals surface area contributed by atoms with Crippen LogP contribution < -0.4 is 0 Å². The van der Waals surface area contributed by atoms with Crippen LogP contribution in [0.5, 0.6) is 0 Å². The zero-order valence-corrected chi connectivity index (χ0v) is 18.3. The van der Waals surface area contributed by atoms with E-state index in [-0.39, 0.29) is 10.8 Å². The highest BCUT2D eigenvalue weighted by atomic mass is 14.8. The molecule has 27 heavy (non-hydrogen) atoms. The molecule has 0 aliphatic heterocycles. The van der Waals surface area contributed by atoms with Crippen LogP contribution in [0.15, 0.2) is 24.3 Å². The molecule has 1 heterocycles. The molecule has 2 nitrogen and oxygen atoms in total. The average Bonchev–Trinajstić information content (AvgIpc) is 2.59. The second-order valence-electron chi connectivity index (χ2n) is 9.83. The second-order valence-corrected chi connectivity index (χ2v) is 9.83. The maximum Gasteiger partial charge on any atom is 0.0893 e. The molecule has 0 spiro atoms. The Morgan fingerprint density at radius 3 is 1.78 bits per heavy atom. The van der Waals surface area contributed by atoms with Gasteiger partial charge >= 0.3 is 0 Å². The normalized spacial score (nSPS) is 17.9. The van der Waals surface area contributed by atoms with E-state index in [1.54, 1.807) is 0 Å². The highest BCUT2D eigenvalue weighted by molar-refractivity contribution is 5.78. The lowest BCUT2D eigenvalue weighted by Gasteiger charge is -2.37. The minimum atomic E-state index is 0.0863. The quantitative estimate of drug-likeness (QED) is 0.567. The summed E-state index contributed by atoms with van der Waals surface area (Å²) in [4.78, 5) is 10.2. The predicted octanol–water partition coefficient (Wildman–Crippen LogP) is 6.69. The summed E-state index contributed by atoms with van der Waals surface area (Å²) in [5.74, 6) is 0.610. The van der Waals surface area contributed by atoms with Crippen LogP contribution in [0.3, 0.4) is 0 Å². The summed E-state index contributed by atoms with van der Waals surface area (Å²) in [7, 11) is 0. The number of hydrogen-bond donors (Lipinski definition) is 0. The first-order valence-electron chi connectivity index (χ1n) is 10.6. The van der Waals surface area contributed by atoms with Crippen LogP contribution in [0, 0.1) is 5.92 Å². The number of nitrogens with zero attached hydrogens (tertiary/aromatic N) is 2. The van der Waals surface area contributed by atoms with Gasteiger partial charge in [-0.05, 0) is 65.7 Å². The lowest BCUT2D eigenvalue weighted by Crippen LogP contribution is -2.30. The highest BCUT2D eigenvalue weighted by Gasteiger charge is 2.33. The standard InChI is InChI=1S/C25H36N2/c1-8-17(2)25(6,7)19-16-23-22(15-18(19)24(3,4)5)26-20-13-11-9-10-12-14-21(20)27-23/h9-10,15-17H,8,11-14H2,1-7H3/b10-9+. The Balaban J connectivity index is 2.24. The fraction of sp³-hybridized carbons (Fsp3) is 0.600. The molecule has 0 amide bonds. The van der Waals surface area contributed by atoms with Crippen LogP contribution >= 0.6 is 0 Å². The number of aryl methyl sites for hydroxylation is 2. The van der Waals surface area contributed by atoms with Crippen molar-refractivity contribution in [2.75, 3.05) is 0 Å². The summed E-state index contributed by atoms with van der Waals surface area (Å²) in [6.07, 6.45) is 9.88. The molecule has 0 fully saturated rings. The summed E-state index contributed by atoms with van der Waals surface area (Å²) in [6, 6.07) is 4.68. The number of hydrogen-bond acceptors (Lipinski definition) is 2. The molecule has 0 N–H and O–H groups in total. The van der Waals surface area contributed by atoms with Gasteiger partial charge in [-0.3, -0.25) is 0 Å². The molecule has 146 valence electrons. The van der Waals surface area contributed by atoms with Gasteiger partial charge in [-0.2, -0.15) is 0 Å². The number of fused-ring (bicyclic) bond motifs is 2. The Hall–Kier alpha value is -1.70. The molecule has 1 atom stereocenters. The largest absolute Gasteiger partial charge is 0.249 e. The fourth-order valence-corrected chi connectivity index (χ4v) is 4.18. The molecule has 2 heteroatoms. The van der Waals surface area contributed by atoms with Crippen LogP contribution in [0.4, 0.5) is 0 Å². The first kappa shape index (κ1) is 20.0. The Bertz CT molecular complexity index is 853. The lowest BCUT2D eigenvalue weighted by atomic mass is 9.68. The number of allylic oxidation sites excluding steroid dienone is 2. The van der Waals surface area contributed by atoms with Crippen LogP contribution in [0.2, 0.25) is 0 Å². The Morgan fingerprint density at radius 1 is 0.852 bits per heavy atom. The minimum Gasteiger partial charge on any atom is -0.249 e. The van der Waals surface area contributed by atoms with Crippen molar-refractivity contribution in [3.05, 3.63) is 46.8 Å². The molecule has 3 rings (SSSR count). The summed E-state index contributed by atoms with van der Waals surface area (Å²) < 4.78 is 0. The summed E-state index contributed by atoms with van der Waals surface area (Å²) in [5.41, 5.74) is 7.58. The van der Waals surface area contributed by atoms with Crippen molar-refractivity contribution in [2.45, 2.75) is 91.4 Å². The fourth-order valence-electron chi connectivity index (χ4n) is 4.18. The first-order chi connectivity index (χ1) is 12.6. The van der Waals surface area contributed by atoms with Gasteiger partial charge in [-0.1, -0.05) is 67.0 Å². The van der Waals surface area contributed by atoms with Gasteiger partial charge in [-0.25, -0.2) is 9.97 Å². The molecule has 2 aromatic rings. The number of rotatable bonds is 3. The van der Waals surface area contributed by atoms with Gasteiger partial charge in [0.05, 0.1) is 22.4 Å². The SMILES string of the molecule is CCC(C)C(C)(C)c1cc2nc3c(nc2cc1C(C)(C)C)CC/C=C/CC3. The summed E-state index contributed by atoms with van der Waals surface area (Å²) >= 11 is 0. The van der Waals surface area contributed by atoms with Crippen LogP contribution in [-0.4, -0.2) is 9.97 Å². The van der Waals surface area contributed by atoms with Gasteiger partial charge < -0.3 is 0 Å². The van der Waals surface area contributed by atoms with E-state index in [2.05, 4.69) is 72.8 Å². The van der Waals surface area contributed by atoms with Gasteiger partial charge in [0.1, 0.15) is 0 Å².